The van der Waals surface area contributed by atoms with Crippen LogP contribution >= 0.6 is 0 Å². The highest BCUT2D eigenvalue weighted by atomic mass is 19.1. The molecule has 1 heterocycles. The molecule has 4 nitrogen and oxygen atoms in total. The summed E-state index contributed by atoms with van der Waals surface area (Å²) in [6, 6.07) is 7.48. The molecule has 0 saturated carbocycles. The lowest BCUT2D eigenvalue weighted by Crippen LogP contribution is -2.17. The molecule has 0 amide bonds. The Morgan fingerprint density at radius 1 is 1.37 bits per heavy atom. The van der Waals surface area contributed by atoms with Crippen LogP contribution in [0.2, 0.25) is 0 Å². The fourth-order valence-corrected chi connectivity index (χ4v) is 1.90. The Kier molecular flexibility index (Phi) is 3.97. The maximum atomic E-state index is 13.3. The van der Waals surface area contributed by atoms with Crippen molar-refractivity contribution in [1.82, 2.24) is 4.90 Å². The second-order valence-electron chi connectivity index (χ2n) is 4.40. The summed E-state index contributed by atoms with van der Waals surface area (Å²) in [7, 11) is 1.86. The van der Waals surface area contributed by atoms with Crippen molar-refractivity contribution >= 4 is 5.97 Å². The predicted molar refractivity (Wildman–Crippen MR) is 67.2 cm³/mol. The average molecular weight is 263 g/mol. The summed E-state index contributed by atoms with van der Waals surface area (Å²) in [6.07, 6.45) is 1.59. The SMILES string of the molecule is CN(Cc1cc(F)cc(C(=O)O)c1)Cc1ccco1. The van der Waals surface area contributed by atoms with Crippen molar-refractivity contribution < 1.29 is 18.7 Å². The van der Waals surface area contributed by atoms with Gasteiger partial charge in [0.1, 0.15) is 11.6 Å². The molecular formula is C14H14FNO3. The molecule has 0 radical (unpaired) electrons. The van der Waals surface area contributed by atoms with Gasteiger partial charge in [-0.05, 0) is 42.9 Å². The number of nitrogens with zero attached hydrogens (tertiary/aromatic N) is 1. The van der Waals surface area contributed by atoms with E-state index in [4.69, 9.17) is 9.52 Å². The summed E-state index contributed by atoms with van der Waals surface area (Å²) < 4.78 is 18.5. The van der Waals surface area contributed by atoms with E-state index in [-0.39, 0.29) is 5.56 Å². The quantitative estimate of drug-likeness (QED) is 0.901. The first-order valence-corrected chi connectivity index (χ1v) is 5.78. The Labute approximate surface area is 110 Å². The van der Waals surface area contributed by atoms with Crippen molar-refractivity contribution in [3.63, 3.8) is 0 Å². The average Bonchev–Trinajstić information content (AvgIpc) is 2.80. The number of carbonyl (C=O) groups is 1. The van der Waals surface area contributed by atoms with Crippen molar-refractivity contribution in [2.45, 2.75) is 13.1 Å². The molecule has 0 saturated heterocycles. The molecule has 0 atom stereocenters. The molecule has 2 rings (SSSR count). The molecule has 2 aromatic rings. The minimum atomic E-state index is -1.13. The Morgan fingerprint density at radius 2 is 2.16 bits per heavy atom. The van der Waals surface area contributed by atoms with Crippen molar-refractivity contribution in [1.29, 1.82) is 0 Å². The molecule has 1 N–H and O–H groups in total. The molecule has 1 aromatic carbocycles. The van der Waals surface area contributed by atoms with E-state index in [0.29, 0.717) is 18.7 Å². The summed E-state index contributed by atoms with van der Waals surface area (Å²) in [4.78, 5) is 12.8. The number of carboxylic acid groups (broad SMARTS) is 1. The fraction of sp³-hybridized carbons (Fsp3) is 0.214. The largest absolute Gasteiger partial charge is 0.478 e. The van der Waals surface area contributed by atoms with Crippen molar-refractivity contribution in [2.75, 3.05) is 7.05 Å². The van der Waals surface area contributed by atoms with Crippen LogP contribution in [0, 0.1) is 5.82 Å². The highest BCUT2D eigenvalue weighted by Crippen LogP contribution is 2.13. The first-order valence-electron chi connectivity index (χ1n) is 5.78. The van der Waals surface area contributed by atoms with Crippen LogP contribution in [0.25, 0.3) is 0 Å². The Hall–Kier alpha value is -2.14. The smallest absolute Gasteiger partial charge is 0.335 e. The molecule has 1 aromatic heterocycles. The van der Waals surface area contributed by atoms with Crippen LogP contribution in [0.5, 0.6) is 0 Å². The van der Waals surface area contributed by atoms with Gasteiger partial charge in [-0.25, -0.2) is 9.18 Å². The van der Waals surface area contributed by atoms with E-state index in [2.05, 4.69) is 0 Å². The van der Waals surface area contributed by atoms with Gasteiger partial charge < -0.3 is 9.52 Å². The second-order valence-corrected chi connectivity index (χ2v) is 4.40. The first-order chi connectivity index (χ1) is 9.04. The predicted octanol–water partition coefficient (Wildman–Crippen LogP) is 2.75. The topological polar surface area (TPSA) is 53.7 Å². The fourth-order valence-electron chi connectivity index (χ4n) is 1.90. The molecule has 0 aliphatic rings. The summed E-state index contributed by atoms with van der Waals surface area (Å²) in [5, 5.41) is 8.88. The van der Waals surface area contributed by atoms with E-state index in [9.17, 15) is 9.18 Å². The van der Waals surface area contributed by atoms with E-state index in [1.54, 1.807) is 12.3 Å². The van der Waals surface area contributed by atoms with Gasteiger partial charge in [-0.1, -0.05) is 0 Å². The molecule has 0 unspecified atom stereocenters. The van der Waals surface area contributed by atoms with Gasteiger partial charge in [0.05, 0.1) is 18.4 Å². The van der Waals surface area contributed by atoms with Gasteiger partial charge in [0.2, 0.25) is 0 Å². The van der Waals surface area contributed by atoms with Gasteiger partial charge in [-0.2, -0.15) is 0 Å². The number of benzene rings is 1. The molecule has 0 bridgehead atoms. The summed E-state index contributed by atoms with van der Waals surface area (Å²) >= 11 is 0. The minimum Gasteiger partial charge on any atom is -0.478 e. The molecule has 0 aliphatic heterocycles. The molecule has 19 heavy (non-hydrogen) atoms. The van der Waals surface area contributed by atoms with Gasteiger partial charge in [0.25, 0.3) is 0 Å². The Balaban J connectivity index is 2.08. The molecule has 5 heteroatoms. The van der Waals surface area contributed by atoms with Crippen molar-refractivity contribution in [3.8, 4) is 0 Å². The van der Waals surface area contributed by atoms with Crippen LogP contribution in [0.3, 0.4) is 0 Å². The molecule has 100 valence electrons. The molecule has 0 aliphatic carbocycles. The number of halogens is 1. The zero-order valence-corrected chi connectivity index (χ0v) is 10.5. The lowest BCUT2D eigenvalue weighted by atomic mass is 10.1. The van der Waals surface area contributed by atoms with Crippen LogP contribution in [0.15, 0.2) is 41.0 Å². The van der Waals surface area contributed by atoms with Crippen LogP contribution < -0.4 is 0 Å². The highest BCUT2D eigenvalue weighted by molar-refractivity contribution is 5.87. The van der Waals surface area contributed by atoms with E-state index in [1.165, 1.54) is 12.1 Å². The van der Waals surface area contributed by atoms with Gasteiger partial charge in [-0.3, -0.25) is 4.90 Å². The van der Waals surface area contributed by atoms with E-state index < -0.39 is 11.8 Å². The van der Waals surface area contributed by atoms with Gasteiger partial charge in [0, 0.05) is 6.54 Å². The van der Waals surface area contributed by atoms with Crippen molar-refractivity contribution in [2.24, 2.45) is 0 Å². The summed E-state index contributed by atoms with van der Waals surface area (Å²) in [5.41, 5.74) is 0.577. The number of hydrogen-bond acceptors (Lipinski definition) is 3. The normalized spacial score (nSPS) is 10.9. The third-order valence-electron chi connectivity index (χ3n) is 2.66. The zero-order valence-electron chi connectivity index (χ0n) is 10.5. The molecule has 0 spiro atoms. The first kappa shape index (κ1) is 13.3. The highest BCUT2D eigenvalue weighted by Gasteiger charge is 2.09. The number of carboxylic acids is 1. The van der Waals surface area contributed by atoms with Crippen LogP contribution in [0.4, 0.5) is 4.39 Å². The lowest BCUT2D eigenvalue weighted by Gasteiger charge is -2.15. The Morgan fingerprint density at radius 3 is 2.79 bits per heavy atom. The maximum absolute atomic E-state index is 13.3. The van der Waals surface area contributed by atoms with E-state index >= 15 is 0 Å². The van der Waals surface area contributed by atoms with Crippen molar-refractivity contribution in [3.05, 3.63) is 59.3 Å². The van der Waals surface area contributed by atoms with Gasteiger partial charge in [-0.15, -0.1) is 0 Å². The van der Waals surface area contributed by atoms with Crippen LogP contribution in [-0.2, 0) is 13.1 Å². The van der Waals surface area contributed by atoms with Gasteiger partial charge in [0.15, 0.2) is 0 Å². The maximum Gasteiger partial charge on any atom is 0.335 e. The number of furan rings is 1. The van der Waals surface area contributed by atoms with E-state index in [1.807, 2.05) is 18.0 Å². The number of aromatic carboxylic acids is 1. The second kappa shape index (κ2) is 5.67. The third-order valence-corrected chi connectivity index (χ3v) is 2.66. The van der Waals surface area contributed by atoms with Gasteiger partial charge >= 0.3 is 5.97 Å². The standard InChI is InChI=1S/C14H14FNO3/c1-16(9-13-3-2-4-19-13)8-10-5-11(14(17)18)7-12(15)6-10/h2-7H,8-9H2,1H3,(H,17,18). The summed E-state index contributed by atoms with van der Waals surface area (Å²) in [6.45, 7) is 1.02. The lowest BCUT2D eigenvalue weighted by molar-refractivity contribution is 0.0696. The molecule has 0 fully saturated rings. The van der Waals surface area contributed by atoms with Crippen LogP contribution in [-0.4, -0.2) is 23.0 Å². The van der Waals surface area contributed by atoms with E-state index in [0.717, 1.165) is 11.8 Å². The zero-order chi connectivity index (χ0) is 13.8. The minimum absolute atomic E-state index is 0.0404. The third kappa shape index (κ3) is 3.66. The van der Waals surface area contributed by atoms with Crippen LogP contribution in [0.1, 0.15) is 21.7 Å². The molecular weight excluding hydrogens is 249 g/mol. The number of rotatable bonds is 5. The number of hydrogen-bond donors (Lipinski definition) is 1. The monoisotopic (exact) mass is 263 g/mol. The Bertz CT molecular complexity index is 566. The summed E-state index contributed by atoms with van der Waals surface area (Å²) in [5.74, 6) is -0.868.